The third-order valence-electron chi connectivity index (χ3n) is 8.49. The van der Waals surface area contributed by atoms with E-state index >= 15 is 0 Å². The molecular formula is C38H28N2. The second-order valence-corrected chi connectivity index (χ2v) is 10.8. The highest BCUT2D eigenvalue weighted by atomic mass is 14.8. The number of hydrogen-bond acceptors (Lipinski definition) is 2. The van der Waals surface area contributed by atoms with Gasteiger partial charge in [-0.15, -0.1) is 0 Å². The molecule has 0 amide bonds. The number of fused-ring (bicyclic) bond motifs is 3. The van der Waals surface area contributed by atoms with Gasteiger partial charge in [0, 0.05) is 22.2 Å². The summed E-state index contributed by atoms with van der Waals surface area (Å²) in [6.07, 6.45) is 1.79. The summed E-state index contributed by atoms with van der Waals surface area (Å²) in [6, 6.07) is 40.2. The molecule has 190 valence electrons. The Labute approximate surface area is 233 Å². The van der Waals surface area contributed by atoms with Crippen LogP contribution in [0.4, 0.5) is 0 Å². The highest BCUT2D eigenvalue weighted by molar-refractivity contribution is 6.25. The first-order valence-corrected chi connectivity index (χ1v) is 14.2. The second-order valence-electron chi connectivity index (χ2n) is 10.8. The Hall–Kier alpha value is -4.82. The number of aromatic nitrogens is 2. The molecule has 0 aliphatic carbocycles. The van der Waals surface area contributed by atoms with Gasteiger partial charge in [0.15, 0.2) is 0 Å². The van der Waals surface area contributed by atoms with Crippen molar-refractivity contribution >= 4 is 54.1 Å². The number of nitrogens with zero attached hydrogens (tertiary/aromatic N) is 2. The van der Waals surface area contributed by atoms with Crippen molar-refractivity contribution in [3.05, 3.63) is 121 Å². The minimum Gasteiger partial charge on any atom is -0.251 e. The van der Waals surface area contributed by atoms with Crippen molar-refractivity contribution in [2.45, 2.75) is 26.7 Å². The standard InChI is InChI=1S/C38H28N2/c1-3-29-17-13-26-16-20-33-34(22-30(4-2)40-38(33)37(26)39-29)28-10-6-9-27(21-28)31-18-14-25-12-11-23-7-5-8-24-15-19-32(31)36(25)35(23)24/h5-22H,3-4H2,1-2H3. The first-order chi connectivity index (χ1) is 19.7. The second kappa shape index (κ2) is 8.86. The Morgan fingerprint density at radius 2 is 1.05 bits per heavy atom. The normalized spacial score (nSPS) is 11.9. The van der Waals surface area contributed by atoms with E-state index in [-0.39, 0.29) is 0 Å². The van der Waals surface area contributed by atoms with E-state index in [1.54, 1.807) is 0 Å². The zero-order valence-corrected chi connectivity index (χ0v) is 22.7. The largest absolute Gasteiger partial charge is 0.251 e. The molecule has 0 unspecified atom stereocenters. The average Bonchev–Trinajstić information content (AvgIpc) is 3.02. The fourth-order valence-electron chi connectivity index (χ4n) is 6.42. The molecule has 8 aromatic rings. The molecule has 2 heteroatoms. The van der Waals surface area contributed by atoms with Crippen LogP contribution in [-0.4, -0.2) is 9.97 Å². The van der Waals surface area contributed by atoms with Crippen LogP contribution in [0.25, 0.3) is 76.4 Å². The smallest absolute Gasteiger partial charge is 0.0974 e. The monoisotopic (exact) mass is 512 g/mol. The molecule has 0 saturated heterocycles. The lowest BCUT2D eigenvalue weighted by atomic mass is 9.89. The number of benzene rings is 6. The Bertz CT molecular complexity index is 2230. The Balaban J connectivity index is 1.37. The molecule has 0 radical (unpaired) electrons. The fourth-order valence-corrected chi connectivity index (χ4v) is 6.42. The Morgan fingerprint density at radius 1 is 0.450 bits per heavy atom. The van der Waals surface area contributed by atoms with Crippen molar-refractivity contribution in [3.63, 3.8) is 0 Å². The molecular weight excluding hydrogens is 484 g/mol. The van der Waals surface area contributed by atoms with E-state index in [0.29, 0.717) is 0 Å². The molecule has 8 rings (SSSR count). The van der Waals surface area contributed by atoms with Gasteiger partial charge in [-0.25, -0.2) is 0 Å². The predicted octanol–water partition coefficient (Wildman–Crippen LogP) is 10.1. The van der Waals surface area contributed by atoms with Crippen LogP contribution in [-0.2, 0) is 12.8 Å². The molecule has 6 aromatic carbocycles. The molecule has 0 saturated carbocycles. The van der Waals surface area contributed by atoms with Crippen LogP contribution in [0.5, 0.6) is 0 Å². The van der Waals surface area contributed by atoms with E-state index in [4.69, 9.17) is 9.97 Å². The minimum absolute atomic E-state index is 0.876. The maximum Gasteiger partial charge on any atom is 0.0974 e. The molecule has 2 nitrogen and oxygen atoms in total. The molecule has 0 bridgehead atoms. The first-order valence-electron chi connectivity index (χ1n) is 14.2. The zero-order valence-electron chi connectivity index (χ0n) is 22.7. The van der Waals surface area contributed by atoms with Crippen LogP contribution in [0.3, 0.4) is 0 Å². The summed E-state index contributed by atoms with van der Waals surface area (Å²) in [4.78, 5) is 10.1. The van der Waals surface area contributed by atoms with E-state index in [2.05, 4.69) is 123 Å². The van der Waals surface area contributed by atoms with E-state index < -0.39 is 0 Å². The summed E-state index contributed by atoms with van der Waals surface area (Å²) in [5, 5.41) is 10.2. The van der Waals surface area contributed by atoms with Crippen LogP contribution in [0.1, 0.15) is 25.2 Å². The zero-order chi connectivity index (χ0) is 26.8. The maximum absolute atomic E-state index is 5.09. The maximum atomic E-state index is 5.09. The lowest BCUT2D eigenvalue weighted by molar-refractivity contribution is 1.05. The Morgan fingerprint density at radius 3 is 1.85 bits per heavy atom. The molecule has 0 fully saturated rings. The van der Waals surface area contributed by atoms with Crippen molar-refractivity contribution in [2.75, 3.05) is 0 Å². The summed E-state index contributed by atoms with van der Waals surface area (Å²) in [5.41, 5.74) is 9.09. The first kappa shape index (κ1) is 23.1. The van der Waals surface area contributed by atoms with Crippen molar-refractivity contribution in [1.29, 1.82) is 0 Å². The lowest BCUT2D eigenvalue weighted by Gasteiger charge is -2.15. The molecule has 2 heterocycles. The summed E-state index contributed by atoms with van der Waals surface area (Å²) in [7, 11) is 0. The van der Waals surface area contributed by atoms with Crippen molar-refractivity contribution in [2.24, 2.45) is 0 Å². The summed E-state index contributed by atoms with van der Waals surface area (Å²) in [6.45, 7) is 4.33. The van der Waals surface area contributed by atoms with Crippen LogP contribution >= 0.6 is 0 Å². The predicted molar refractivity (Wildman–Crippen MR) is 170 cm³/mol. The van der Waals surface area contributed by atoms with Crippen molar-refractivity contribution in [3.8, 4) is 22.3 Å². The van der Waals surface area contributed by atoms with Gasteiger partial charge in [0.1, 0.15) is 0 Å². The molecule has 0 atom stereocenters. The van der Waals surface area contributed by atoms with Gasteiger partial charge in [-0.05, 0) is 85.6 Å². The SMILES string of the molecule is CCc1ccc2ccc3c(-c4cccc(-c5ccc6ccc7cccc8ccc5c6c78)c4)cc(CC)nc3c2n1. The van der Waals surface area contributed by atoms with E-state index in [1.807, 2.05) is 0 Å². The van der Waals surface area contributed by atoms with E-state index in [0.717, 1.165) is 46.0 Å². The summed E-state index contributed by atoms with van der Waals surface area (Å²) >= 11 is 0. The van der Waals surface area contributed by atoms with Gasteiger partial charge < -0.3 is 0 Å². The molecule has 0 N–H and O–H groups in total. The topological polar surface area (TPSA) is 25.8 Å². The van der Waals surface area contributed by atoms with Crippen LogP contribution in [0, 0.1) is 0 Å². The highest BCUT2D eigenvalue weighted by Gasteiger charge is 2.15. The lowest BCUT2D eigenvalue weighted by Crippen LogP contribution is -1.96. The minimum atomic E-state index is 0.876. The van der Waals surface area contributed by atoms with Gasteiger partial charge in [0.05, 0.1) is 11.0 Å². The van der Waals surface area contributed by atoms with Gasteiger partial charge in [-0.2, -0.15) is 0 Å². The Kier molecular flexibility index (Phi) is 5.12. The van der Waals surface area contributed by atoms with Gasteiger partial charge in [-0.1, -0.05) is 105 Å². The highest BCUT2D eigenvalue weighted by Crippen LogP contribution is 2.40. The van der Waals surface area contributed by atoms with Gasteiger partial charge in [0.2, 0.25) is 0 Å². The van der Waals surface area contributed by atoms with Crippen molar-refractivity contribution < 1.29 is 0 Å². The number of aryl methyl sites for hydroxylation is 2. The quantitative estimate of drug-likeness (QED) is 0.219. The van der Waals surface area contributed by atoms with Gasteiger partial charge >= 0.3 is 0 Å². The number of rotatable bonds is 4. The third-order valence-corrected chi connectivity index (χ3v) is 8.49. The number of hydrogen-bond donors (Lipinski definition) is 0. The van der Waals surface area contributed by atoms with E-state index in [9.17, 15) is 0 Å². The fraction of sp³-hybridized carbons (Fsp3) is 0.105. The average molecular weight is 513 g/mol. The van der Waals surface area contributed by atoms with E-state index in [1.165, 1.54) is 54.6 Å². The van der Waals surface area contributed by atoms with Gasteiger partial charge in [-0.3, -0.25) is 9.97 Å². The van der Waals surface area contributed by atoms with Crippen molar-refractivity contribution in [1.82, 2.24) is 9.97 Å². The molecule has 2 aromatic heterocycles. The van der Waals surface area contributed by atoms with Crippen LogP contribution in [0.15, 0.2) is 109 Å². The van der Waals surface area contributed by atoms with Crippen LogP contribution < -0.4 is 0 Å². The molecule has 0 aliphatic rings. The summed E-state index contributed by atoms with van der Waals surface area (Å²) < 4.78 is 0. The molecule has 0 aliphatic heterocycles. The number of pyridine rings is 2. The molecule has 0 spiro atoms. The van der Waals surface area contributed by atoms with Crippen LogP contribution in [0.2, 0.25) is 0 Å². The summed E-state index contributed by atoms with van der Waals surface area (Å²) in [5.74, 6) is 0. The van der Waals surface area contributed by atoms with Gasteiger partial charge in [0.25, 0.3) is 0 Å². The molecule has 40 heavy (non-hydrogen) atoms. The third kappa shape index (κ3) is 3.42.